The third kappa shape index (κ3) is 2.63. The number of halogens is 1. The van der Waals surface area contributed by atoms with E-state index in [2.05, 4.69) is 10.3 Å². The Morgan fingerprint density at radius 2 is 2.47 bits per heavy atom. The summed E-state index contributed by atoms with van der Waals surface area (Å²) in [4.78, 5) is 4.55. The van der Waals surface area contributed by atoms with E-state index in [1.165, 1.54) is 0 Å². The quantitative estimate of drug-likeness (QED) is 0.937. The van der Waals surface area contributed by atoms with Crippen LogP contribution in [0.15, 0.2) is 12.1 Å². The Morgan fingerprint density at radius 3 is 3.21 bits per heavy atom. The number of nitrogens with one attached hydrogen (secondary N) is 1. The molecule has 0 bridgehead atoms. The summed E-state index contributed by atoms with van der Waals surface area (Å²) in [7, 11) is 1.64. The Labute approximate surface area is 120 Å². The first-order valence-electron chi connectivity index (χ1n) is 6.26. The summed E-state index contributed by atoms with van der Waals surface area (Å²) in [5.41, 5.74) is 0.815. The SMILES string of the molecule is COc1ccc(Cl)c2sc(NCC3CCCO3)nc12. The lowest BCUT2D eigenvalue weighted by molar-refractivity contribution is 0.120. The first-order chi connectivity index (χ1) is 9.28. The zero-order valence-corrected chi connectivity index (χ0v) is 12.2. The summed E-state index contributed by atoms with van der Waals surface area (Å²) >= 11 is 7.74. The zero-order chi connectivity index (χ0) is 13.2. The molecule has 2 aromatic rings. The maximum absolute atomic E-state index is 6.19. The lowest BCUT2D eigenvalue weighted by atomic mass is 10.2. The third-order valence-corrected chi connectivity index (χ3v) is 4.66. The molecule has 3 rings (SSSR count). The molecule has 1 aliphatic heterocycles. The topological polar surface area (TPSA) is 43.4 Å². The molecule has 0 spiro atoms. The molecule has 1 aliphatic rings. The van der Waals surface area contributed by atoms with Crippen LogP contribution in [0.25, 0.3) is 10.2 Å². The number of ether oxygens (including phenoxy) is 2. The maximum atomic E-state index is 6.19. The summed E-state index contributed by atoms with van der Waals surface area (Å²) in [5, 5.41) is 4.89. The van der Waals surface area contributed by atoms with Crippen molar-refractivity contribution in [2.45, 2.75) is 18.9 Å². The summed E-state index contributed by atoms with van der Waals surface area (Å²) in [5.74, 6) is 0.751. The standard InChI is InChI=1S/C13H15ClN2O2S/c1-17-10-5-4-9(14)12-11(10)16-13(19-12)15-7-8-3-2-6-18-8/h4-5,8H,2-3,6-7H2,1H3,(H,15,16). The van der Waals surface area contributed by atoms with Crippen molar-refractivity contribution in [1.29, 1.82) is 0 Å². The van der Waals surface area contributed by atoms with Crippen molar-refractivity contribution in [2.24, 2.45) is 0 Å². The highest BCUT2D eigenvalue weighted by molar-refractivity contribution is 7.22. The van der Waals surface area contributed by atoms with Crippen LogP contribution >= 0.6 is 22.9 Å². The van der Waals surface area contributed by atoms with Crippen LogP contribution in [-0.4, -0.2) is 31.3 Å². The van der Waals surface area contributed by atoms with Crippen molar-refractivity contribution in [3.8, 4) is 5.75 Å². The van der Waals surface area contributed by atoms with Gasteiger partial charge in [-0.3, -0.25) is 0 Å². The molecule has 1 atom stereocenters. The number of aromatic nitrogens is 1. The van der Waals surface area contributed by atoms with E-state index in [9.17, 15) is 0 Å². The van der Waals surface area contributed by atoms with Gasteiger partial charge in [-0.1, -0.05) is 22.9 Å². The Balaban J connectivity index is 1.82. The number of benzene rings is 1. The highest BCUT2D eigenvalue weighted by Crippen LogP contribution is 2.37. The first kappa shape index (κ1) is 13.0. The van der Waals surface area contributed by atoms with E-state index in [0.717, 1.165) is 47.1 Å². The van der Waals surface area contributed by atoms with Crippen LogP contribution < -0.4 is 10.1 Å². The molecule has 1 saturated heterocycles. The van der Waals surface area contributed by atoms with Crippen molar-refractivity contribution < 1.29 is 9.47 Å². The molecule has 0 saturated carbocycles. The minimum absolute atomic E-state index is 0.296. The minimum Gasteiger partial charge on any atom is -0.494 e. The smallest absolute Gasteiger partial charge is 0.184 e. The molecule has 6 heteroatoms. The fourth-order valence-corrected chi connectivity index (χ4v) is 3.36. The fourth-order valence-electron chi connectivity index (χ4n) is 2.20. The number of fused-ring (bicyclic) bond motifs is 1. The van der Waals surface area contributed by atoms with Gasteiger partial charge in [-0.05, 0) is 25.0 Å². The fraction of sp³-hybridized carbons (Fsp3) is 0.462. The minimum atomic E-state index is 0.296. The lowest BCUT2D eigenvalue weighted by Crippen LogP contribution is -2.18. The van der Waals surface area contributed by atoms with Gasteiger partial charge in [0.1, 0.15) is 11.3 Å². The second kappa shape index (κ2) is 5.53. The van der Waals surface area contributed by atoms with Gasteiger partial charge >= 0.3 is 0 Å². The molecule has 0 amide bonds. The van der Waals surface area contributed by atoms with Gasteiger partial charge in [-0.15, -0.1) is 0 Å². The van der Waals surface area contributed by atoms with Crippen molar-refractivity contribution >= 4 is 38.3 Å². The average Bonchev–Trinajstić information content (AvgIpc) is 3.06. The molecule has 1 aromatic carbocycles. The highest BCUT2D eigenvalue weighted by Gasteiger charge is 2.17. The maximum Gasteiger partial charge on any atom is 0.184 e. The molecule has 1 fully saturated rings. The van der Waals surface area contributed by atoms with Crippen molar-refractivity contribution in [2.75, 3.05) is 25.6 Å². The number of nitrogens with zero attached hydrogens (tertiary/aromatic N) is 1. The van der Waals surface area contributed by atoms with Crippen LogP contribution in [-0.2, 0) is 4.74 Å². The van der Waals surface area contributed by atoms with Crippen LogP contribution in [0.1, 0.15) is 12.8 Å². The van der Waals surface area contributed by atoms with E-state index >= 15 is 0 Å². The Kier molecular flexibility index (Phi) is 3.77. The van der Waals surface area contributed by atoms with Gasteiger partial charge in [-0.25, -0.2) is 4.98 Å². The predicted octanol–water partition coefficient (Wildman–Crippen LogP) is 3.55. The highest BCUT2D eigenvalue weighted by atomic mass is 35.5. The molecule has 102 valence electrons. The Morgan fingerprint density at radius 1 is 1.58 bits per heavy atom. The number of hydrogen-bond acceptors (Lipinski definition) is 5. The van der Waals surface area contributed by atoms with E-state index < -0.39 is 0 Å². The summed E-state index contributed by atoms with van der Waals surface area (Å²) in [6.45, 7) is 1.66. The number of thiazole rings is 1. The molecular formula is C13H15ClN2O2S. The largest absolute Gasteiger partial charge is 0.494 e. The van der Waals surface area contributed by atoms with E-state index in [0.29, 0.717) is 11.1 Å². The van der Waals surface area contributed by atoms with Gasteiger partial charge in [0.25, 0.3) is 0 Å². The summed E-state index contributed by atoms with van der Waals surface area (Å²) in [6.07, 6.45) is 2.55. The molecule has 19 heavy (non-hydrogen) atoms. The van der Waals surface area contributed by atoms with E-state index in [4.69, 9.17) is 21.1 Å². The van der Waals surface area contributed by atoms with E-state index in [-0.39, 0.29) is 0 Å². The van der Waals surface area contributed by atoms with Crippen molar-refractivity contribution in [1.82, 2.24) is 4.98 Å². The van der Waals surface area contributed by atoms with Crippen molar-refractivity contribution in [3.63, 3.8) is 0 Å². The summed E-state index contributed by atoms with van der Waals surface area (Å²) in [6, 6.07) is 3.68. The molecule has 0 aliphatic carbocycles. The van der Waals surface area contributed by atoms with Gasteiger partial charge in [0.2, 0.25) is 0 Å². The van der Waals surface area contributed by atoms with Crippen LogP contribution in [0.5, 0.6) is 5.75 Å². The van der Waals surface area contributed by atoms with Gasteiger partial charge in [0.15, 0.2) is 5.13 Å². The molecule has 4 nitrogen and oxygen atoms in total. The van der Waals surface area contributed by atoms with Crippen molar-refractivity contribution in [3.05, 3.63) is 17.2 Å². The van der Waals surface area contributed by atoms with Crippen LogP contribution in [0, 0.1) is 0 Å². The normalized spacial score (nSPS) is 18.9. The molecular weight excluding hydrogens is 284 g/mol. The average molecular weight is 299 g/mol. The molecule has 1 unspecified atom stereocenters. The van der Waals surface area contributed by atoms with Gasteiger partial charge in [0, 0.05) is 13.2 Å². The van der Waals surface area contributed by atoms with Crippen LogP contribution in [0.2, 0.25) is 5.02 Å². The molecule has 1 N–H and O–H groups in total. The summed E-state index contributed by atoms with van der Waals surface area (Å²) < 4.78 is 11.8. The first-order valence-corrected chi connectivity index (χ1v) is 7.46. The van der Waals surface area contributed by atoms with Gasteiger partial charge in [0.05, 0.1) is 22.9 Å². The number of anilines is 1. The van der Waals surface area contributed by atoms with Crippen LogP contribution in [0.3, 0.4) is 0 Å². The lowest BCUT2D eigenvalue weighted by Gasteiger charge is -2.08. The van der Waals surface area contributed by atoms with Crippen LogP contribution in [0.4, 0.5) is 5.13 Å². The number of hydrogen-bond donors (Lipinski definition) is 1. The molecule has 1 aromatic heterocycles. The van der Waals surface area contributed by atoms with Gasteiger partial charge < -0.3 is 14.8 Å². The predicted molar refractivity (Wildman–Crippen MR) is 78.6 cm³/mol. The van der Waals surface area contributed by atoms with Gasteiger partial charge in [-0.2, -0.15) is 0 Å². The zero-order valence-electron chi connectivity index (χ0n) is 10.6. The number of rotatable bonds is 4. The monoisotopic (exact) mass is 298 g/mol. The third-order valence-electron chi connectivity index (χ3n) is 3.18. The van der Waals surface area contributed by atoms with E-state index in [1.807, 2.05) is 12.1 Å². The Bertz CT molecular complexity index is 581. The van der Waals surface area contributed by atoms with E-state index in [1.54, 1.807) is 18.4 Å². The molecule has 2 heterocycles. The molecule has 0 radical (unpaired) electrons. The number of methoxy groups -OCH3 is 1. The second-order valence-electron chi connectivity index (χ2n) is 4.46. The second-order valence-corrected chi connectivity index (χ2v) is 5.87. The Hall–Kier alpha value is -1.04.